The molecule has 0 spiro atoms. The van der Waals surface area contributed by atoms with E-state index < -0.39 is 0 Å². The van der Waals surface area contributed by atoms with E-state index in [4.69, 9.17) is 14.5 Å². The summed E-state index contributed by atoms with van der Waals surface area (Å²) in [5.41, 5.74) is 4.16. The fourth-order valence-corrected chi connectivity index (χ4v) is 4.50. The van der Waals surface area contributed by atoms with Gasteiger partial charge in [-0.05, 0) is 37.1 Å². The highest BCUT2D eigenvalue weighted by Gasteiger charge is 2.39. The zero-order valence-corrected chi connectivity index (χ0v) is 18.1. The molecule has 1 atom stereocenters. The summed E-state index contributed by atoms with van der Waals surface area (Å²) in [7, 11) is 0. The summed E-state index contributed by atoms with van der Waals surface area (Å²) >= 11 is 0. The number of hydrogen-bond donors (Lipinski definition) is 0. The number of benzene rings is 3. The van der Waals surface area contributed by atoms with Gasteiger partial charge in [-0.15, -0.1) is 0 Å². The second kappa shape index (κ2) is 7.14. The Kier molecular flexibility index (Phi) is 4.20. The van der Waals surface area contributed by atoms with E-state index in [2.05, 4.69) is 0 Å². The zero-order chi connectivity index (χ0) is 22.7. The number of aryl methyl sites for hydroxylation is 1. The van der Waals surface area contributed by atoms with Crippen LogP contribution in [0, 0.1) is 6.92 Å². The van der Waals surface area contributed by atoms with Crippen LogP contribution in [0.15, 0.2) is 83.4 Å². The molecule has 0 fully saturated rings. The summed E-state index contributed by atoms with van der Waals surface area (Å²) in [6.45, 7) is 3.88. The number of rotatable bonds is 2. The van der Waals surface area contributed by atoms with Crippen LogP contribution >= 0.6 is 0 Å². The summed E-state index contributed by atoms with van der Waals surface area (Å²) < 4.78 is 12.5. The molecule has 3 aliphatic rings. The number of nitrogens with zero attached hydrogens (tertiary/aromatic N) is 1. The van der Waals surface area contributed by atoms with E-state index in [0.29, 0.717) is 28.3 Å². The van der Waals surface area contributed by atoms with Gasteiger partial charge in [-0.3, -0.25) is 9.59 Å². The highest BCUT2D eigenvalue weighted by Crippen LogP contribution is 2.48. The third-order valence-electron chi connectivity index (χ3n) is 6.20. The van der Waals surface area contributed by atoms with Crippen molar-refractivity contribution >= 4 is 23.0 Å². The van der Waals surface area contributed by atoms with Crippen LogP contribution in [0.25, 0.3) is 0 Å². The Balaban J connectivity index is 1.63. The van der Waals surface area contributed by atoms with Gasteiger partial charge in [0.1, 0.15) is 17.2 Å². The maximum atomic E-state index is 13.7. The van der Waals surface area contributed by atoms with E-state index in [1.54, 1.807) is 30.3 Å². The molecule has 0 aromatic heterocycles. The first-order valence-corrected chi connectivity index (χ1v) is 10.8. The van der Waals surface area contributed by atoms with Gasteiger partial charge in [-0.25, -0.2) is 4.99 Å². The zero-order valence-electron chi connectivity index (χ0n) is 18.1. The van der Waals surface area contributed by atoms with Crippen molar-refractivity contribution in [3.05, 3.63) is 106 Å². The van der Waals surface area contributed by atoms with Crippen molar-refractivity contribution in [3.63, 3.8) is 0 Å². The quantitative estimate of drug-likeness (QED) is 0.394. The smallest absolute Gasteiger partial charge is 0.198 e. The maximum absolute atomic E-state index is 13.7. The van der Waals surface area contributed by atoms with E-state index in [0.717, 1.165) is 16.8 Å². The van der Waals surface area contributed by atoms with E-state index in [1.807, 2.05) is 56.3 Å². The molecule has 0 saturated carbocycles. The number of para-hydroxylation sites is 1. The number of ether oxygens (including phenoxy) is 2. The molecule has 160 valence electrons. The molecule has 1 aliphatic heterocycles. The molecule has 0 saturated heterocycles. The molecule has 1 unspecified atom stereocenters. The average molecular weight is 433 g/mol. The van der Waals surface area contributed by atoms with Crippen molar-refractivity contribution in [2.24, 2.45) is 4.99 Å². The van der Waals surface area contributed by atoms with Crippen LogP contribution in [0.1, 0.15) is 44.3 Å². The minimum absolute atomic E-state index is 0.222. The second-order valence-electron chi connectivity index (χ2n) is 8.31. The van der Waals surface area contributed by atoms with Crippen LogP contribution in [0.2, 0.25) is 0 Å². The standard InChI is InChI=1S/C28H19NO4/c1-15-8-3-6-12-19(15)32-21-14-22-26(29-25-16(2)9-7-13-20(25)33-22)24-23(21)27(30)17-10-4-5-11-18(17)28(24)31/h3-14,20H,1-2H3. The SMILES string of the molecule is CC1=CC=CC2Oc3cc(Oc4ccccc4C)c4c(c3N=C12)C(=O)c1ccccc1C4=O. The highest BCUT2D eigenvalue weighted by atomic mass is 16.5. The van der Waals surface area contributed by atoms with Gasteiger partial charge >= 0.3 is 0 Å². The van der Waals surface area contributed by atoms with Gasteiger partial charge in [0.25, 0.3) is 0 Å². The Morgan fingerprint density at radius 3 is 2.33 bits per heavy atom. The van der Waals surface area contributed by atoms with Crippen LogP contribution in [-0.2, 0) is 0 Å². The fourth-order valence-electron chi connectivity index (χ4n) is 4.50. The average Bonchev–Trinajstić information content (AvgIpc) is 2.82. The van der Waals surface area contributed by atoms with Gasteiger partial charge in [0.2, 0.25) is 0 Å². The third-order valence-corrected chi connectivity index (χ3v) is 6.20. The lowest BCUT2D eigenvalue weighted by Crippen LogP contribution is -2.31. The van der Waals surface area contributed by atoms with Crippen molar-refractivity contribution in [2.75, 3.05) is 0 Å². The Hall–Kier alpha value is -4.25. The van der Waals surface area contributed by atoms with Crippen LogP contribution in [-0.4, -0.2) is 23.4 Å². The Morgan fingerprint density at radius 1 is 0.879 bits per heavy atom. The molecule has 33 heavy (non-hydrogen) atoms. The number of fused-ring (bicyclic) bond motifs is 5. The van der Waals surface area contributed by atoms with Crippen LogP contribution in [0.5, 0.6) is 17.2 Å². The predicted octanol–water partition coefficient (Wildman–Crippen LogP) is 5.91. The lowest BCUT2D eigenvalue weighted by Gasteiger charge is -2.30. The molecule has 0 radical (unpaired) electrons. The maximum Gasteiger partial charge on any atom is 0.198 e. The third kappa shape index (κ3) is 2.89. The number of carbonyl (C=O) groups excluding carboxylic acids is 2. The molecule has 5 nitrogen and oxygen atoms in total. The number of allylic oxidation sites excluding steroid dienone is 2. The molecule has 3 aromatic carbocycles. The minimum Gasteiger partial charge on any atom is -0.478 e. The van der Waals surface area contributed by atoms with E-state index in [1.165, 1.54) is 0 Å². The fraction of sp³-hybridized carbons (Fsp3) is 0.107. The van der Waals surface area contributed by atoms with E-state index in [9.17, 15) is 9.59 Å². The summed E-state index contributed by atoms with van der Waals surface area (Å²) in [4.78, 5) is 32.1. The van der Waals surface area contributed by atoms with Gasteiger partial charge in [-0.2, -0.15) is 0 Å². The summed E-state index contributed by atoms with van der Waals surface area (Å²) in [6.07, 6.45) is 5.44. The van der Waals surface area contributed by atoms with Crippen molar-refractivity contribution < 1.29 is 19.1 Å². The highest BCUT2D eigenvalue weighted by molar-refractivity contribution is 6.31. The van der Waals surface area contributed by atoms with Gasteiger partial charge < -0.3 is 9.47 Å². The van der Waals surface area contributed by atoms with Crippen molar-refractivity contribution in [1.82, 2.24) is 0 Å². The minimum atomic E-state index is -0.353. The van der Waals surface area contributed by atoms with Crippen LogP contribution in [0.3, 0.4) is 0 Å². The lowest BCUT2D eigenvalue weighted by atomic mass is 9.82. The van der Waals surface area contributed by atoms with Gasteiger partial charge in [-0.1, -0.05) is 54.6 Å². The monoisotopic (exact) mass is 433 g/mol. The number of carbonyl (C=O) groups is 2. The Labute approximate surface area is 190 Å². The van der Waals surface area contributed by atoms with Crippen molar-refractivity contribution in [3.8, 4) is 17.2 Å². The Morgan fingerprint density at radius 2 is 1.58 bits per heavy atom. The first kappa shape index (κ1) is 19.4. The summed E-state index contributed by atoms with van der Waals surface area (Å²) in [5.74, 6) is 0.799. The summed E-state index contributed by atoms with van der Waals surface area (Å²) in [5, 5.41) is 0. The van der Waals surface area contributed by atoms with E-state index >= 15 is 0 Å². The van der Waals surface area contributed by atoms with Gasteiger partial charge in [0.05, 0.1) is 16.8 Å². The largest absolute Gasteiger partial charge is 0.478 e. The molecule has 3 aromatic rings. The normalized spacial score (nSPS) is 17.7. The Bertz CT molecular complexity index is 1480. The lowest BCUT2D eigenvalue weighted by molar-refractivity contribution is 0.0977. The van der Waals surface area contributed by atoms with Crippen molar-refractivity contribution in [1.29, 1.82) is 0 Å². The molecule has 0 bridgehead atoms. The first-order chi connectivity index (χ1) is 16.0. The summed E-state index contributed by atoms with van der Waals surface area (Å²) in [6, 6.07) is 16.1. The van der Waals surface area contributed by atoms with Gasteiger partial charge in [0.15, 0.2) is 23.4 Å². The number of aliphatic imine (C=N–C) groups is 1. The molecule has 2 aliphatic carbocycles. The van der Waals surface area contributed by atoms with Crippen LogP contribution < -0.4 is 9.47 Å². The number of hydrogen-bond acceptors (Lipinski definition) is 5. The molecule has 5 heteroatoms. The van der Waals surface area contributed by atoms with Crippen LogP contribution in [0.4, 0.5) is 5.69 Å². The topological polar surface area (TPSA) is 65.0 Å². The van der Waals surface area contributed by atoms with Gasteiger partial charge in [0, 0.05) is 17.2 Å². The second-order valence-corrected chi connectivity index (χ2v) is 8.31. The molecule has 6 rings (SSSR count). The first-order valence-electron chi connectivity index (χ1n) is 10.8. The molecular weight excluding hydrogens is 414 g/mol. The molecule has 1 heterocycles. The number of ketones is 2. The molecule has 0 N–H and O–H groups in total. The van der Waals surface area contributed by atoms with E-state index in [-0.39, 0.29) is 34.5 Å². The predicted molar refractivity (Wildman–Crippen MR) is 125 cm³/mol. The van der Waals surface area contributed by atoms with Crippen molar-refractivity contribution in [2.45, 2.75) is 20.0 Å². The molecule has 0 amide bonds. The molecular formula is C28H19NO4.